The Labute approximate surface area is 107 Å². The highest BCUT2D eigenvalue weighted by molar-refractivity contribution is 5.94. The highest BCUT2D eigenvalue weighted by atomic mass is 16.3. The van der Waals surface area contributed by atoms with E-state index in [0.29, 0.717) is 11.6 Å². The van der Waals surface area contributed by atoms with Gasteiger partial charge in [-0.2, -0.15) is 0 Å². The number of carbonyl (C=O) groups is 1. The molecule has 1 aliphatic heterocycles. The van der Waals surface area contributed by atoms with Gasteiger partial charge in [0.25, 0.3) is 5.91 Å². The molecule has 0 spiro atoms. The van der Waals surface area contributed by atoms with E-state index in [4.69, 9.17) is 5.11 Å². The maximum Gasteiger partial charge on any atom is 0.251 e. The van der Waals surface area contributed by atoms with Gasteiger partial charge in [0, 0.05) is 17.6 Å². The zero-order chi connectivity index (χ0) is 13.0. The van der Waals surface area contributed by atoms with Crippen LogP contribution in [0.3, 0.4) is 0 Å². The summed E-state index contributed by atoms with van der Waals surface area (Å²) in [6, 6.07) is 7.60. The number of rotatable bonds is 3. The highest BCUT2D eigenvalue weighted by Crippen LogP contribution is 2.10. The largest absolute Gasteiger partial charge is 0.392 e. The molecule has 1 amide bonds. The van der Waals surface area contributed by atoms with Gasteiger partial charge in [-0.05, 0) is 44.0 Å². The zero-order valence-corrected chi connectivity index (χ0v) is 10.6. The van der Waals surface area contributed by atoms with E-state index in [9.17, 15) is 4.79 Å². The lowest BCUT2D eigenvalue weighted by Gasteiger charge is -2.30. The molecule has 4 heteroatoms. The summed E-state index contributed by atoms with van der Waals surface area (Å²) in [6.07, 6.45) is 2.10. The molecular weight excluding hydrogens is 228 g/mol. The standard InChI is InChI=1S/C14H20N2O2/c1-10-13(6-3-7-15-10)16-14(18)12-5-2-4-11(8-12)9-17/h2,4-5,8,10,13,15,17H,3,6-7,9H2,1H3,(H,16,18)/t10-,13-/m1/s1. The van der Waals surface area contributed by atoms with E-state index < -0.39 is 0 Å². The zero-order valence-electron chi connectivity index (χ0n) is 10.6. The maximum atomic E-state index is 12.1. The number of carbonyl (C=O) groups excluding carboxylic acids is 1. The predicted molar refractivity (Wildman–Crippen MR) is 70.3 cm³/mol. The molecule has 18 heavy (non-hydrogen) atoms. The summed E-state index contributed by atoms with van der Waals surface area (Å²) in [6.45, 7) is 3.07. The molecule has 4 nitrogen and oxygen atoms in total. The van der Waals surface area contributed by atoms with Crippen molar-refractivity contribution in [3.05, 3.63) is 35.4 Å². The van der Waals surface area contributed by atoms with Crippen molar-refractivity contribution < 1.29 is 9.90 Å². The van der Waals surface area contributed by atoms with Gasteiger partial charge in [0.15, 0.2) is 0 Å². The molecular formula is C14H20N2O2. The Balaban J connectivity index is 2.02. The van der Waals surface area contributed by atoms with Gasteiger partial charge in [-0.15, -0.1) is 0 Å². The molecule has 1 aromatic carbocycles. The second-order valence-corrected chi connectivity index (χ2v) is 4.82. The van der Waals surface area contributed by atoms with Crippen LogP contribution >= 0.6 is 0 Å². The molecule has 2 atom stereocenters. The average Bonchev–Trinajstić information content (AvgIpc) is 2.41. The topological polar surface area (TPSA) is 61.4 Å². The van der Waals surface area contributed by atoms with Crippen LogP contribution < -0.4 is 10.6 Å². The quantitative estimate of drug-likeness (QED) is 0.749. The van der Waals surface area contributed by atoms with Crippen molar-refractivity contribution >= 4 is 5.91 Å². The second-order valence-electron chi connectivity index (χ2n) is 4.82. The van der Waals surface area contributed by atoms with Gasteiger partial charge in [0.1, 0.15) is 0 Å². The van der Waals surface area contributed by atoms with Crippen molar-refractivity contribution in [2.24, 2.45) is 0 Å². The molecule has 0 aliphatic carbocycles. The number of hydrogen-bond acceptors (Lipinski definition) is 3. The Morgan fingerprint density at radius 3 is 3.11 bits per heavy atom. The van der Waals surface area contributed by atoms with Crippen LogP contribution in [0.5, 0.6) is 0 Å². The van der Waals surface area contributed by atoms with Crippen LogP contribution in [0.1, 0.15) is 35.7 Å². The molecule has 0 saturated carbocycles. The second kappa shape index (κ2) is 5.98. The molecule has 1 aliphatic rings. The molecule has 3 N–H and O–H groups in total. The van der Waals surface area contributed by atoms with Crippen LogP contribution in [0.25, 0.3) is 0 Å². The fraction of sp³-hybridized carbons (Fsp3) is 0.500. The minimum atomic E-state index is -0.0640. The summed E-state index contributed by atoms with van der Waals surface area (Å²) in [7, 11) is 0. The molecule has 0 aromatic heterocycles. The molecule has 1 saturated heterocycles. The molecule has 0 bridgehead atoms. The monoisotopic (exact) mass is 248 g/mol. The molecule has 2 rings (SSSR count). The van der Waals surface area contributed by atoms with Gasteiger partial charge in [0.05, 0.1) is 6.61 Å². The van der Waals surface area contributed by atoms with E-state index in [2.05, 4.69) is 17.6 Å². The summed E-state index contributed by atoms with van der Waals surface area (Å²) in [5, 5.41) is 15.5. The van der Waals surface area contributed by atoms with Crippen molar-refractivity contribution in [1.29, 1.82) is 0 Å². The molecule has 0 unspecified atom stereocenters. The lowest BCUT2D eigenvalue weighted by atomic mass is 9.99. The third kappa shape index (κ3) is 3.09. The van der Waals surface area contributed by atoms with Crippen molar-refractivity contribution in [1.82, 2.24) is 10.6 Å². The van der Waals surface area contributed by atoms with Crippen LogP contribution in [-0.2, 0) is 6.61 Å². The normalized spacial score (nSPS) is 23.7. The van der Waals surface area contributed by atoms with Gasteiger partial charge < -0.3 is 15.7 Å². The summed E-state index contributed by atoms with van der Waals surface area (Å²) < 4.78 is 0. The maximum absolute atomic E-state index is 12.1. The van der Waals surface area contributed by atoms with Crippen molar-refractivity contribution in [3.63, 3.8) is 0 Å². The lowest BCUT2D eigenvalue weighted by Crippen LogP contribution is -2.51. The summed E-state index contributed by atoms with van der Waals surface area (Å²) in [4.78, 5) is 12.1. The number of hydrogen-bond donors (Lipinski definition) is 3. The van der Waals surface area contributed by atoms with Crippen molar-refractivity contribution in [2.75, 3.05) is 6.54 Å². The number of aliphatic hydroxyl groups excluding tert-OH is 1. The van der Waals surface area contributed by atoms with Crippen LogP contribution in [0.2, 0.25) is 0 Å². The Morgan fingerprint density at radius 2 is 2.39 bits per heavy atom. The third-order valence-electron chi connectivity index (χ3n) is 3.45. The van der Waals surface area contributed by atoms with Crippen LogP contribution in [0.4, 0.5) is 0 Å². The predicted octanol–water partition coefficient (Wildman–Crippen LogP) is 1.05. The van der Waals surface area contributed by atoms with Gasteiger partial charge in [0.2, 0.25) is 0 Å². The van der Waals surface area contributed by atoms with Gasteiger partial charge >= 0.3 is 0 Å². The first-order valence-corrected chi connectivity index (χ1v) is 6.45. The molecule has 1 fully saturated rings. The fourth-order valence-electron chi connectivity index (χ4n) is 2.30. The Kier molecular flexibility index (Phi) is 4.33. The SMILES string of the molecule is C[C@H]1NCCC[C@H]1NC(=O)c1cccc(CO)c1. The Morgan fingerprint density at radius 1 is 1.56 bits per heavy atom. The van der Waals surface area contributed by atoms with Crippen molar-refractivity contribution in [2.45, 2.75) is 38.5 Å². The summed E-state index contributed by atoms with van der Waals surface area (Å²) >= 11 is 0. The van der Waals surface area contributed by atoms with E-state index >= 15 is 0 Å². The number of nitrogens with one attached hydrogen (secondary N) is 2. The number of aliphatic hydroxyl groups is 1. The lowest BCUT2D eigenvalue weighted by molar-refractivity contribution is 0.0919. The first-order chi connectivity index (χ1) is 8.70. The van der Waals surface area contributed by atoms with Gasteiger partial charge in [-0.25, -0.2) is 0 Å². The number of amides is 1. The van der Waals surface area contributed by atoms with E-state index in [1.807, 2.05) is 6.07 Å². The van der Waals surface area contributed by atoms with Crippen LogP contribution in [-0.4, -0.2) is 29.6 Å². The van der Waals surface area contributed by atoms with Crippen LogP contribution in [0, 0.1) is 0 Å². The van der Waals surface area contributed by atoms with E-state index in [-0.39, 0.29) is 18.6 Å². The molecule has 1 heterocycles. The Bertz CT molecular complexity index is 420. The number of piperidine rings is 1. The molecule has 1 aromatic rings. The van der Waals surface area contributed by atoms with Gasteiger partial charge in [-0.3, -0.25) is 4.79 Å². The molecule has 0 radical (unpaired) electrons. The first-order valence-electron chi connectivity index (χ1n) is 6.45. The van der Waals surface area contributed by atoms with Crippen molar-refractivity contribution in [3.8, 4) is 0 Å². The van der Waals surface area contributed by atoms with E-state index in [1.54, 1.807) is 18.2 Å². The molecule has 98 valence electrons. The van der Waals surface area contributed by atoms with E-state index in [1.165, 1.54) is 0 Å². The van der Waals surface area contributed by atoms with Gasteiger partial charge in [-0.1, -0.05) is 12.1 Å². The highest BCUT2D eigenvalue weighted by Gasteiger charge is 2.22. The van der Waals surface area contributed by atoms with Crippen LogP contribution in [0.15, 0.2) is 24.3 Å². The summed E-state index contributed by atoms with van der Waals surface area (Å²) in [5.41, 5.74) is 1.37. The Hall–Kier alpha value is -1.39. The van der Waals surface area contributed by atoms with E-state index in [0.717, 1.165) is 24.9 Å². The minimum absolute atomic E-state index is 0.0392. The average molecular weight is 248 g/mol. The fourth-order valence-corrected chi connectivity index (χ4v) is 2.30. The summed E-state index contributed by atoms with van der Waals surface area (Å²) in [5.74, 6) is -0.0640. The number of benzene rings is 1. The smallest absolute Gasteiger partial charge is 0.251 e. The minimum Gasteiger partial charge on any atom is -0.392 e. The first kappa shape index (κ1) is 13.1. The third-order valence-corrected chi connectivity index (χ3v) is 3.45.